The molecule has 1 aromatic carbocycles. The van der Waals surface area contributed by atoms with E-state index in [9.17, 15) is 4.79 Å². The van der Waals surface area contributed by atoms with Crippen LogP contribution in [0.1, 0.15) is 0 Å². The normalized spacial score (nSPS) is 10.4. The van der Waals surface area contributed by atoms with Crippen molar-refractivity contribution in [3.63, 3.8) is 0 Å². The Bertz CT molecular complexity index is 547. The maximum atomic E-state index is 10.6. The summed E-state index contributed by atoms with van der Waals surface area (Å²) in [7, 11) is 3.27. The molecule has 0 spiro atoms. The SMILES string of the molecule is COc1c(NC(=O)O)ccc2cnn(C)c12. The maximum Gasteiger partial charge on any atom is 0.409 e. The predicted molar refractivity (Wildman–Crippen MR) is 58.9 cm³/mol. The first-order chi connectivity index (χ1) is 7.63. The lowest BCUT2D eigenvalue weighted by molar-refractivity contribution is 0.209. The summed E-state index contributed by atoms with van der Waals surface area (Å²) in [4.78, 5) is 10.6. The molecule has 2 N–H and O–H groups in total. The summed E-state index contributed by atoms with van der Waals surface area (Å²) < 4.78 is 6.85. The van der Waals surface area contributed by atoms with Gasteiger partial charge in [0.05, 0.1) is 19.0 Å². The fourth-order valence-electron chi connectivity index (χ4n) is 1.65. The van der Waals surface area contributed by atoms with Crippen LogP contribution < -0.4 is 10.1 Å². The molecule has 0 fully saturated rings. The van der Waals surface area contributed by atoms with Crippen molar-refractivity contribution in [3.8, 4) is 5.75 Å². The molecular formula is C10H11N3O3. The first kappa shape index (κ1) is 10.3. The summed E-state index contributed by atoms with van der Waals surface area (Å²) in [6, 6.07) is 3.44. The van der Waals surface area contributed by atoms with Gasteiger partial charge in [0.1, 0.15) is 5.52 Å². The third-order valence-electron chi connectivity index (χ3n) is 2.30. The molecule has 0 aliphatic rings. The van der Waals surface area contributed by atoms with Gasteiger partial charge < -0.3 is 9.84 Å². The molecule has 6 heteroatoms. The lowest BCUT2D eigenvalue weighted by Crippen LogP contribution is -2.08. The van der Waals surface area contributed by atoms with Crippen LogP contribution in [0.15, 0.2) is 18.3 Å². The van der Waals surface area contributed by atoms with Gasteiger partial charge in [-0.05, 0) is 12.1 Å². The van der Waals surface area contributed by atoms with Gasteiger partial charge in [0.25, 0.3) is 0 Å². The van der Waals surface area contributed by atoms with Crippen molar-refractivity contribution in [1.82, 2.24) is 9.78 Å². The van der Waals surface area contributed by atoms with E-state index in [1.165, 1.54) is 7.11 Å². The van der Waals surface area contributed by atoms with E-state index in [-0.39, 0.29) is 0 Å². The number of anilines is 1. The maximum absolute atomic E-state index is 10.6. The number of rotatable bonds is 2. The fraction of sp³-hybridized carbons (Fsp3) is 0.200. The highest BCUT2D eigenvalue weighted by Gasteiger charge is 2.13. The van der Waals surface area contributed by atoms with E-state index < -0.39 is 6.09 Å². The molecule has 0 saturated heterocycles. The zero-order chi connectivity index (χ0) is 11.7. The molecule has 0 bridgehead atoms. The third kappa shape index (κ3) is 1.54. The van der Waals surface area contributed by atoms with Crippen molar-refractivity contribution in [2.24, 2.45) is 7.05 Å². The zero-order valence-corrected chi connectivity index (χ0v) is 8.89. The van der Waals surface area contributed by atoms with Crippen LogP contribution in [0.5, 0.6) is 5.75 Å². The topological polar surface area (TPSA) is 76.4 Å². The molecule has 84 valence electrons. The molecule has 0 saturated carbocycles. The summed E-state index contributed by atoms with van der Waals surface area (Å²) in [6.45, 7) is 0. The Kier molecular flexibility index (Phi) is 2.40. The fourth-order valence-corrected chi connectivity index (χ4v) is 1.65. The van der Waals surface area contributed by atoms with Gasteiger partial charge in [-0.25, -0.2) is 4.79 Å². The number of methoxy groups -OCH3 is 1. The number of hydrogen-bond acceptors (Lipinski definition) is 3. The van der Waals surface area contributed by atoms with Gasteiger partial charge in [0.15, 0.2) is 5.75 Å². The van der Waals surface area contributed by atoms with Crippen LogP contribution >= 0.6 is 0 Å². The average Bonchev–Trinajstić information content (AvgIpc) is 2.60. The second-order valence-corrected chi connectivity index (χ2v) is 3.28. The quantitative estimate of drug-likeness (QED) is 0.808. The van der Waals surface area contributed by atoms with Crippen LogP contribution in [-0.4, -0.2) is 28.1 Å². The number of carbonyl (C=O) groups is 1. The molecule has 1 heterocycles. The van der Waals surface area contributed by atoms with Gasteiger partial charge in [-0.3, -0.25) is 10.00 Å². The molecule has 0 aliphatic heterocycles. The number of hydrogen-bond donors (Lipinski definition) is 2. The monoisotopic (exact) mass is 221 g/mol. The van der Waals surface area contributed by atoms with Crippen molar-refractivity contribution >= 4 is 22.7 Å². The smallest absolute Gasteiger partial charge is 0.409 e. The highest BCUT2D eigenvalue weighted by molar-refractivity contribution is 5.95. The summed E-state index contributed by atoms with van der Waals surface area (Å²) in [6.07, 6.45) is 0.572. The Balaban J connectivity index is 2.66. The van der Waals surface area contributed by atoms with E-state index in [0.717, 1.165) is 10.9 Å². The van der Waals surface area contributed by atoms with E-state index in [0.29, 0.717) is 11.4 Å². The molecule has 6 nitrogen and oxygen atoms in total. The van der Waals surface area contributed by atoms with Crippen LogP contribution in [0, 0.1) is 0 Å². The van der Waals surface area contributed by atoms with Crippen molar-refractivity contribution in [3.05, 3.63) is 18.3 Å². The highest BCUT2D eigenvalue weighted by atomic mass is 16.5. The molecule has 0 aliphatic carbocycles. The Morgan fingerprint density at radius 1 is 1.56 bits per heavy atom. The number of benzene rings is 1. The minimum atomic E-state index is -1.13. The van der Waals surface area contributed by atoms with Crippen LogP contribution in [-0.2, 0) is 7.05 Å². The summed E-state index contributed by atoms with van der Waals surface area (Å²) in [5.74, 6) is 0.472. The van der Waals surface area contributed by atoms with Gasteiger partial charge >= 0.3 is 6.09 Å². The summed E-state index contributed by atoms with van der Waals surface area (Å²) in [5, 5.41) is 16.0. The van der Waals surface area contributed by atoms with E-state index in [1.807, 2.05) is 0 Å². The van der Waals surface area contributed by atoms with Crippen LogP contribution in [0.4, 0.5) is 10.5 Å². The standard InChI is InChI=1S/C10H11N3O3/c1-13-8-6(5-11-13)3-4-7(9(8)16-2)12-10(14)15/h3-5,12H,1-2H3,(H,14,15). The largest absolute Gasteiger partial charge is 0.492 e. The number of nitrogens with zero attached hydrogens (tertiary/aromatic N) is 2. The van der Waals surface area contributed by atoms with Crippen molar-refractivity contribution in [2.75, 3.05) is 12.4 Å². The van der Waals surface area contributed by atoms with E-state index in [1.54, 1.807) is 30.1 Å². The van der Waals surface area contributed by atoms with Crippen LogP contribution in [0.3, 0.4) is 0 Å². The van der Waals surface area contributed by atoms with Gasteiger partial charge in [-0.1, -0.05) is 0 Å². The lowest BCUT2D eigenvalue weighted by atomic mass is 10.2. The van der Waals surface area contributed by atoms with E-state index in [2.05, 4.69) is 10.4 Å². The first-order valence-electron chi connectivity index (χ1n) is 4.62. The molecule has 16 heavy (non-hydrogen) atoms. The molecule has 1 aromatic heterocycles. The highest BCUT2D eigenvalue weighted by Crippen LogP contribution is 2.33. The molecule has 0 atom stereocenters. The third-order valence-corrected chi connectivity index (χ3v) is 2.30. The number of fused-ring (bicyclic) bond motifs is 1. The Morgan fingerprint density at radius 2 is 2.31 bits per heavy atom. The van der Waals surface area contributed by atoms with Gasteiger partial charge in [-0.2, -0.15) is 5.10 Å². The number of aryl methyl sites for hydroxylation is 1. The molecule has 2 rings (SSSR count). The van der Waals surface area contributed by atoms with Gasteiger partial charge in [-0.15, -0.1) is 0 Å². The molecular weight excluding hydrogens is 210 g/mol. The molecule has 1 amide bonds. The predicted octanol–water partition coefficient (Wildman–Crippen LogP) is 1.67. The number of amides is 1. The van der Waals surface area contributed by atoms with Crippen molar-refractivity contribution < 1.29 is 14.6 Å². The van der Waals surface area contributed by atoms with Gasteiger partial charge in [0, 0.05) is 12.4 Å². The van der Waals surface area contributed by atoms with E-state index >= 15 is 0 Å². The van der Waals surface area contributed by atoms with E-state index in [4.69, 9.17) is 9.84 Å². The second-order valence-electron chi connectivity index (χ2n) is 3.28. The molecule has 2 aromatic rings. The summed E-state index contributed by atoms with van der Waals surface area (Å²) in [5.41, 5.74) is 1.17. The van der Waals surface area contributed by atoms with Gasteiger partial charge in [0.2, 0.25) is 0 Å². The Morgan fingerprint density at radius 3 is 2.94 bits per heavy atom. The molecule has 0 unspecified atom stereocenters. The zero-order valence-electron chi connectivity index (χ0n) is 8.89. The lowest BCUT2D eigenvalue weighted by Gasteiger charge is -2.09. The average molecular weight is 221 g/mol. The van der Waals surface area contributed by atoms with Crippen LogP contribution in [0.25, 0.3) is 10.9 Å². The number of aromatic nitrogens is 2. The number of nitrogens with one attached hydrogen (secondary N) is 1. The second kappa shape index (κ2) is 3.73. The van der Waals surface area contributed by atoms with Crippen LogP contribution in [0.2, 0.25) is 0 Å². The van der Waals surface area contributed by atoms with Crippen molar-refractivity contribution in [1.29, 1.82) is 0 Å². The Labute approximate surface area is 91.4 Å². The number of ether oxygens (including phenoxy) is 1. The summed E-state index contributed by atoms with van der Waals surface area (Å²) >= 11 is 0. The number of carboxylic acid groups (broad SMARTS) is 1. The van der Waals surface area contributed by atoms with Crippen molar-refractivity contribution in [2.45, 2.75) is 0 Å². The Hall–Kier alpha value is -2.24. The minimum Gasteiger partial charge on any atom is -0.492 e. The molecule has 0 radical (unpaired) electrons. The minimum absolute atomic E-state index is 0.408. The first-order valence-corrected chi connectivity index (χ1v) is 4.62.